The number of amides is 2. The largest absolute Gasteiger partial charge is 0.351 e. The number of hydrogen-bond acceptors (Lipinski definition) is 3. The molecule has 6 nitrogen and oxygen atoms in total. The Hall–Kier alpha value is -2.63. The molecule has 1 aromatic heterocycles. The Morgan fingerprint density at radius 1 is 1.07 bits per heavy atom. The first-order chi connectivity index (χ1) is 13.9. The minimum absolute atomic E-state index is 0.184. The van der Waals surface area contributed by atoms with Crippen LogP contribution in [0.25, 0.3) is 0 Å². The smallest absolute Gasteiger partial charge is 0.291 e. The van der Waals surface area contributed by atoms with Gasteiger partial charge in [0.15, 0.2) is 5.82 Å². The highest BCUT2D eigenvalue weighted by Crippen LogP contribution is 2.23. The predicted molar refractivity (Wildman–Crippen MR) is 115 cm³/mol. The SMILES string of the molecule is CC(C)CCNC(=O)c1nc(C(=O)Nc2ccc(C(C)C)cc2)n2c1CCCC2. The lowest BCUT2D eigenvalue weighted by molar-refractivity contribution is 0.0946. The number of benzene rings is 1. The fraction of sp³-hybridized carbons (Fsp3) is 0.522. The zero-order chi connectivity index (χ0) is 21.0. The Morgan fingerprint density at radius 3 is 2.45 bits per heavy atom. The summed E-state index contributed by atoms with van der Waals surface area (Å²) in [6, 6.07) is 7.86. The maximum absolute atomic E-state index is 12.9. The average Bonchev–Trinajstić information content (AvgIpc) is 3.08. The van der Waals surface area contributed by atoms with E-state index in [1.807, 2.05) is 28.8 Å². The van der Waals surface area contributed by atoms with Crippen LogP contribution in [-0.4, -0.2) is 27.9 Å². The zero-order valence-electron chi connectivity index (χ0n) is 17.9. The van der Waals surface area contributed by atoms with Crippen LogP contribution >= 0.6 is 0 Å². The highest BCUT2D eigenvalue weighted by atomic mass is 16.2. The van der Waals surface area contributed by atoms with Gasteiger partial charge in [-0.2, -0.15) is 0 Å². The summed E-state index contributed by atoms with van der Waals surface area (Å²) < 4.78 is 1.92. The molecular formula is C23H32N4O2. The molecule has 2 aromatic rings. The van der Waals surface area contributed by atoms with Crippen molar-refractivity contribution in [3.63, 3.8) is 0 Å². The van der Waals surface area contributed by atoms with Crippen LogP contribution in [0.4, 0.5) is 5.69 Å². The van der Waals surface area contributed by atoms with Crippen LogP contribution in [0.15, 0.2) is 24.3 Å². The summed E-state index contributed by atoms with van der Waals surface area (Å²) >= 11 is 0. The molecule has 0 atom stereocenters. The first-order valence-electron chi connectivity index (χ1n) is 10.7. The highest BCUT2D eigenvalue weighted by molar-refractivity contribution is 6.03. The molecule has 0 saturated carbocycles. The first-order valence-corrected chi connectivity index (χ1v) is 10.7. The van der Waals surface area contributed by atoms with Crippen LogP contribution < -0.4 is 10.6 Å². The van der Waals surface area contributed by atoms with E-state index in [2.05, 4.69) is 43.3 Å². The molecule has 0 spiro atoms. The van der Waals surface area contributed by atoms with Gasteiger partial charge in [0.05, 0.1) is 5.69 Å². The van der Waals surface area contributed by atoms with E-state index in [4.69, 9.17) is 0 Å². The third kappa shape index (κ3) is 5.05. The van der Waals surface area contributed by atoms with Gasteiger partial charge in [0.25, 0.3) is 11.8 Å². The van der Waals surface area contributed by atoms with E-state index in [0.29, 0.717) is 29.9 Å². The zero-order valence-corrected chi connectivity index (χ0v) is 17.9. The van der Waals surface area contributed by atoms with Crippen molar-refractivity contribution in [3.8, 4) is 0 Å². The Labute approximate surface area is 173 Å². The van der Waals surface area contributed by atoms with Crippen molar-refractivity contribution in [2.75, 3.05) is 11.9 Å². The van der Waals surface area contributed by atoms with E-state index in [0.717, 1.165) is 43.6 Å². The molecule has 0 bridgehead atoms. The number of nitrogens with zero attached hydrogens (tertiary/aromatic N) is 2. The predicted octanol–water partition coefficient (Wildman–Crippen LogP) is 4.37. The number of carbonyl (C=O) groups is 2. The number of carbonyl (C=O) groups excluding carboxylic acids is 2. The van der Waals surface area contributed by atoms with Crippen molar-refractivity contribution in [1.29, 1.82) is 0 Å². The third-order valence-corrected chi connectivity index (χ3v) is 5.38. The second-order valence-corrected chi connectivity index (χ2v) is 8.51. The molecule has 6 heteroatoms. The Bertz CT molecular complexity index is 866. The van der Waals surface area contributed by atoms with Crippen molar-refractivity contribution in [3.05, 3.63) is 47.0 Å². The minimum atomic E-state index is -0.272. The molecule has 1 aliphatic heterocycles. The van der Waals surface area contributed by atoms with Crippen molar-refractivity contribution < 1.29 is 9.59 Å². The average molecular weight is 397 g/mol. The van der Waals surface area contributed by atoms with E-state index < -0.39 is 0 Å². The summed E-state index contributed by atoms with van der Waals surface area (Å²) in [5.74, 6) is 0.829. The van der Waals surface area contributed by atoms with Crippen molar-refractivity contribution >= 4 is 17.5 Å². The van der Waals surface area contributed by atoms with Crippen molar-refractivity contribution in [2.45, 2.75) is 65.8 Å². The van der Waals surface area contributed by atoms with Gasteiger partial charge in [-0.05, 0) is 55.2 Å². The normalized spacial score (nSPS) is 13.4. The van der Waals surface area contributed by atoms with Crippen LogP contribution in [0.5, 0.6) is 0 Å². The van der Waals surface area contributed by atoms with Crippen LogP contribution in [0.3, 0.4) is 0 Å². The molecule has 1 aromatic carbocycles. The van der Waals surface area contributed by atoms with E-state index in [-0.39, 0.29) is 11.8 Å². The molecule has 0 aliphatic carbocycles. The monoisotopic (exact) mass is 396 g/mol. The molecule has 0 fully saturated rings. The van der Waals surface area contributed by atoms with E-state index >= 15 is 0 Å². The van der Waals surface area contributed by atoms with Gasteiger partial charge in [0.1, 0.15) is 5.69 Å². The van der Waals surface area contributed by atoms with Gasteiger partial charge < -0.3 is 15.2 Å². The van der Waals surface area contributed by atoms with Crippen LogP contribution in [-0.2, 0) is 13.0 Å². The van der Waals surface area contributed by atoms with Gasteiger partial charge in [0, 0.05) is 18.8 Å². The summed E-state index contributed by atoms with van der Waals surface area (Å²) in [7, 11) is 0. The lowest BCUT2D eigenvalue weighted by Crippen LogP contribution is -2.27. The van der Waals surface area contributed by atoms with Gasteiger partial charge in [0.2, 0.25) is 0 Å². The Kier molecular flexibility index (Phi) is 6.72. The van der Waals surface area contributed by atoms with E-state index in [1.165, 1.54) is 5.56 Å². The van der Waals surface area contributed by atoms with Crippen LogP contribution in [0, 0.1) is 5.92 Å². The molecule has 3 rings (SSSR count). The van der Waals surface area contributed by atoms with E-state index in [1.54, 1.807) is 0 Å². The molecule has 2 N–H and O–H groups in total. The minimum Gasteiger partial charge on any atom is -0.351 e. The van der Waals surface area contributed by atoms with Crippen LogP contribution in [0.2, 0.25) is 0 Å². The second kappa shape index (κ2) is 9.25. The molecule has 156 valence electrons. The summed E-state index contributed by atoms with van der Waals surface area (Å²) in [5, 5.41) is 5.88. The van der Waals surface area contributed by atoms with Crippen molar-refractivity contribution in [2.24, 2.45) is 5.92 Å². The summed E-state index contributed by atoms with van der Waals surface area (Å²) in [5.41, 5.74) is 3.23. The fourth-order valence-corrected chi connectivity index (χ4v) is 3.59. The highest BCUT2D eigenvalue weighted by Gasteiger charge is 2.27. The van der Waals surface area contributed by atoms with E-state index in [9.17, 15) is 9.59 Å². The third-order valence-electron chi connectivity index (χ3n) is 5.38. The number of anilines is 1. The molecule has 0 saturated heterocycles. The molecule has 29 heavy (non-hydrogen) atoms. The second-order valence-electron chi connectivity index (χ2n) is 8.51. The molecule has 2 heterocycles. The van der Waals surface area contributed by atoms with Crippen LogP contribution in [0.1, 0.15) is 85.2 Å². The number of rotatable bonds is 7. The lowest BCUT2D eigenvalue weighted by atomic mass is 10.0. The summed E-state index contributed by atoms with van der Waals surface area (Å²) in [4.78, 5) is 30.1. The summed E-state index contributed by atoms with van der Waals surface area (Å²) in [6.45, 7) is 9.86. The number of nitrogens with one attached hydrogen (secondary N) is 2. The molecule has 2 amide bonds. The standard InChI is InChI=1S/C23H32N4O2/c1-15(2)12-13-24-22(28)20-19-7-5-6-14-27(19)21(26-20)23(29)25-18-10-8-17(9-11-18)16(3)4/h8-11,15-16H,5-7,12-14H2,1-4H3,(H,24,28)(H,25,29). The fourth-order valence-electron chi connectivity index (χ4n) is 3.59. The van der Waals surface area contributed by atoms with Gasteiger partial charge in [-0.3, -0.25) is 9.59 Å². The summed E-state index contributed by atoms with van der Waals surface area (Å²) in [6.07, 6.45) is 3.69. The topological polar surface area (TPSA) is 76.0 Å². The quantitative estimate of drug-likeness (QED) is 0.730. The molecule has 0 unspecified atom stereocenters. The first kappa shape index (κ1) is 21.1. The van der Waals surface area contributed by atoms with Gasteiger partial charge in [-0.25, -0.2) is 4.98 Å². The number of hydrogen-bond donors (Lipinski definition) is 2. The number of aromatic nitrogens is 2. The Morgan fingerprint density at radius 2 is 1.79 bits per heavy atom. The maximum atomic E-state index is 12.9. The molecular weight excluding hydrogens is 364 g/mol. The van der Waals surface area contributed by atoms with Gasteiger partial charge >= 0.3 is 0 Å². The van der Waals surface area contributed by atoms with Gasteiger partial charge in [-0.1, -0.05) is 39.8 Å². The number of imidazole rings is 1. The molecule has 1 aliphatic rings. The molecule has 0 radical (unpaired) electrons. The maximum Gasteiger partial charge on any atom is 0.291 e. The lowest BCUT2D eigenvalue weighted by Gasteiger charge is -2.17. The Balaban J connectivity index is 1.78. The number of fused-ring (bicyclic) bond motifs is 1. The van der Waals surface area contributed by atoms with Gasteiger partial charge in [-0.15, -0.1) is 0 Å². The van der Waals surface area contributed by atoms with Crippen molar-refractivity contribution in [1.82, 2.24) is 14.9 Å².